The Balaban J connectivity index is 2.82. The van der Waals surface area contributed by atoms with Crippen molar-refractivity contribution in [3.8, 4) is 0 Å². The van der Waals surface area contributed by atoms with Gasteiger partial charge in [0.1, 0.15) is 4.91 Å². The molecule has 0 aliphatic heterocycles. The minimum atomic E-state index is -3.83. The van der Waals surface area contributed by atoms with Crippen LogP contribution in [0.2, 0.25) is 0 Å². The minimum absolute atomic E-state index is 0.111. The summed E-state index contributed by atoms with van der Waals surface area (Å²) in [5.41, 5.74) is 0. The number of ketones is 1. The molecule has 0 spiro atoms. The van der Waals surface area contributed by atoms with Crippen molar-refractivity contribution in [1.29, 1.82) is 0 Å². The molecule has 0 radical (unpaired) electrons. The number of nitrogens with zero attached hydrogens (tertiary/aromatic N) is 1. The highest BCUT2D eigenvalue weighted by Crippen LogP contribution is 2.22. The summed E-state index contributed by atoms with van der Waals surface area (Å²) >= 11 is 0. The first-order chi connectivity index (χ1) is 14.5. The molecule has 5 heteroatoms. The summed E-state index contributed by atoms with van der Waals surface area (Å²) < 4.78 is 26.2. The van der Waals surface area contributed by atoms with Gasteiger partial charge >= 0.3 is 0 Å². The lowest BCUT2D eigenvalue weighted by molar-refractivity contribution is -0.115. The van der Waals surface area contributed by atoms with Gasteiger partial charge in [0, 0.05) is 19.5 Å². The van der Waals surface area contributed by atoms with E-state index in [4.69, 9.17) is 0 Å². The Labute approximate surface area is 184 Å². The summed E-state index contributed by atoms with van der Waals surface area (Å²) in [6, 6.07) is 8.21. The molecule has 30 heavy (non-hydrogen) atoms. The zero-order valence-corrected chi connectivity index (χ0v) is 19.8. The first-order valence-corrected chi connectivity index (χ1v) is 12.9. The maximum Gasteiger partial charge on any atom is 0.210 e. The third-order valence-electron chi connectivity index (χ3n) is 5.23. The summed E-state index contributed by atoms with van der Waals surface area (Å²) in [6.45, 7) is 7.93. The molecule has 1 aromatic carbocycles. The van der Waals surface area contributed by atoms with Crippen LogP contribution in [0.4, 0.5) is 0 Å². The predicted octanol–water partition coefficient (Wildman–Crippen LogP) is 6.30. The number of carbonyl (C=O) groups is 1. The van der Waals surface area contributed by atoms with Crippen LogP contribution in [0.25, 0.3) is 0 Å². The van der Waals surface area contributed by atoms with E-state index in [1.165, 1.54) is 38.2 Å². The van der Waals surface area contributed by atoms with Crippen molar-refractivity contribution < 1.29 is 13.2 Å². The highest BCUT2D eigenvalue weighted by atomic mass is 32.2. The molecule has 0 saturated carbocycles. The zero-order valence-electron chi connectivity index (χ0n) is 19.0. The minimum Gasteiger partial charge on any atom is -0.378 e. The molecular weight excluding hydrogens is 394 g/mol. The van der Waals surface area contributed by atoms with Gasteiger partial charge in [-0.05, 0) is 50.8 Å². The van der Waals surface area contributed by atoms with Crippen LogP contribution >= 0.6 is 0 Å². The molecule has 1 aromatic rings. The Morgan fingerprint density at radius 2 is 1.43 bits per heavy atom. The monoisotopic (exact) mass is 433 g/mol. The Bertz CT molecular complexity index is 763. The van der Waals surface area contributed by atoms with Gasteiger partial charge in [0.15, 0.2) is 5.78 Å². The first-order valence-electron chi connectivity index (χ1n) is 11.4. The third-order valence-corrected chi connectivity index (χ3v) is 7.07. The van der Waals surface area contributed by atoms with Crippen molar-refractivity contribution in [2.24, 2.45) is 0 Å². The van der Waals surface area contributed by atoms with Gasteiger partial charge in [0.05, 0.1) is 4.90 Å². The van der Waals surface area contributed by atoms with E-state index in [1.54, 1.807) is 36.4 Å². The Kier molecular flexibility index (Phi) is 13.1. The molecule has 0 N–H and O–H groups in total. The van der Waals surface area contributed by atoms with Crippen molar-refractivity contribution >= 4 is 15.6 Å². The number of sulfone groups is 1. The molecule has 0 unspecified atom stereocenters. The molecule has 0 saturated heterocycles. The normalized spacial score (nSPS) is 12.4. The van der Waals surface area contributed by atoms with Crippen LogP contribution in [-0.4, -0.2) is 32.2 Å². The Morgan fingerprint density at radius 1 is 0.867 bits per heavy atom. The summed E-state index contributed by atoms with van der Waals surface area (Å²) in [7, 11) is -3.83. The maximum absolute atomic E-state index is 13.1. The quantitative estimate of drug-likeness (QED) is 0.174. The van der Waals surface area contributed by atoms with E-state index in [2.05, 4.69) is 6.92 Å². The smallest absolute Gasteiger partial charge is 0.210 e. The molecular formula is C25H39NO3S. The molecule has 168 valence electrons. The number of hydrogen-bond donors (Lipinski definition) is 0. The van der Waals surface area contributed by atoms with E-state index in [0.717, 1.165) is 32.4 Å². The fourth-order valence-electron chi connectivity index (χ4n) is 3.29. The molecule has 0 aliphatic carbocycles. The fourth-order valence-corrected chi connectivity index (χ4v) is 4.72. The molecule has 0 bridgehead atoms. The van der Waals surface area contributed by atoms with Gasteiger partial charge in [-0.1, -0.05) is 70.1 Å². The molecule has 0 heterocycles. The predicted molar refractivity (Wildman–Crippen MR) is 126 cm³/mol. The number of Topliss-reactive ketones (excluding diaryl/α,β-unsaturated/α-hetero) is 1. The molecule has 0 fully saturated rings. The van der Waals surface area contributed by atoms with E-state index in [0.29, 0.717) is 0 Å². The van der Waals surface area contributed by atoms with Crippen LogP contribution in [-0.2, 0) is 14.6 Å². The zero-order chi connectivity index (χ0) is 22.2. The van der Waals surface area contributed by atoms with Gasteiger partial charge < -0.3 is 4.90 Å². The summed E-state index contributed by atoms with van der Waals surface area (Å²) in [5.74, 6) is -0.297. The summed E-state index contributed by atoms with van der Waals surface area (Å²) in [5, 5.41) is 0. The number of benzene rings is 1. The summed E-state index contributed by atoms with van der Waals surface area (Å²) in [6.07, 6.45) is 14.3. The molecule has 0 atom stereocenters. The van der Waals surface area contributed by atoms with E-state index >= 15 is 0 Å². The molecule has 4 nitrogen and oxygen atoms in total. The van der Waals surface area contributed by atoms with E-state index in [1.807, 2.05) is 24.9 Å². The second kappa shape index (κ2) is 15.0. The van der Waals surface area contributed by atoms with Gasteiger partial charge in [-0.2, -0.15) is 0 Å². The largest absolute Gasteiger partial charge is 0.378 e. The van der Waals surface area contributed by atoms with Gasteiger partial charge in [-0.15, -0.1) is 0 Å². The topological polar surface area (TPSA) is 54.5 Å². The number of rotatable bonds is 16. The van der Waals surface area contributed by atoms with Crippen LogP contribution in [0, 0.1) is 0 Å². The van der Waals surface area contributed by atoms with Crippen LogP contribution in [0.5, 0.6) is 0 Å². The lowest BCUT2D eigenvalue weighted by Crippen LogP contribution is -2.16. The van der Waals surface area contributed by atoms with E-state index < -0.39 is 9.84 Å². The van der Waals surface area contributed by atoms with Crippen LogP contribution in [0.1, 0.15) is 78.6 Å². The van der Waals surface area contributed by atoms with Crippen molar-refractivity contribution in [2.75, 3.05) is 13.1 Å². The average Bonchev–Trinajstić information content (AvgIpc) is 2.76. The van der Waals surface area contributed by atoms with Crippen LogP contribution < -0.4 is 0 Å². The van der Waals surface area contributed by atoms with Gasteiger partial charge in [0.2, 0.25) is 9.84 Å². The third kappa shape index (κ3) is 9.29. The highest BCUT2D eigenvalue weighted by molar-refractivity contribution is 7.96. The fraction of sp³-hybridized carbons (Fsp3) is 0.560. The van der Waals surface area contributed by atoms with Crippen LogP contribution in [0.3, 0.4) is 0 Å². The SMILES string of the molecule is CCCCCCCCCCC(=O)C(=CC=CN(CC)CC)S(=O)(=O)c1ccccc1. The molecule has 0 aromatic heterocycles. The van der Waals surface area contributed by atoms with Crippen molar-refractivity contribution in [3.63, 3.8) is 0 Å². The molecule has 0 aliphatic rings. The first kappa shape index (κ1) is 26.2. The Hall–Kier alpha value is -1.88. The van der Waals surface area contributed by atoms with Gasteiger partial charge in [-0.3, -0.25) is 4.79 Å². The van der Waals surface area contributed by atoms with Crippen LogP contribution in [0.15, 0.2) is 58.5 Å². The van der Waals surface area contributed by atoms with Crippen molar-refractivity contribution in [2.45, 2.75) is 83.5 Å². The lowest BCUT2D eigenvalue weighted by atomic mass is 10.1. The van der Waals surface area contributed by atoms with Gasteiger partial charge in [0.25, 0.3) is 0 Å². The van der Waals surface area contributed by atoms with E-state index in [9.17, 15) is 13.2 Å². The average molecular weight is 434 g/mol. The molecule has 1 rings (SSSR count). The number of allylic oxidation sites excluding steroid dienone is 3. The Morgan fingerprint density at radius 3 is 2.00 bits per heavy atom. The van der Waals surface area contributed by atoms with Gasteiger partial charge in [-0.25, -0.2) is 8.42 Å². The van der Waals surface area contributed by atoms with E-state index in [-0.39, 0.29) is 22.0 Å². The van der Waals surface area contributed by atoms with Crippen molar-refractivity contribution in [3.05, 3.63) is 53.6 Å². The second-order valence-corrected chi connectivity index (χ2v) is 9.48. The van der Waals surface area contributed by atoms with Crippen molar-refractivity contribution in [1.82, 2.24) is 4.90 Å². The maximum atomic E-state index is 13.1. The second-order valence-electron chi connectivity index (χ2n) is 7.56. The number of carbonyl (C=O) groups excluding carboxylic acids is 1. The molecule has 0 amide bonds. The number of unbranched alkanes of at least 4 members (excludes halogenated alkanes) is 7. The lowest BCUT2D eigenvalue weighted by Gasteiger charge is -2.14. The number of hydrogen-bond acceptors (Lipinski definition) is 4. The summed E-state index contributed by atoms with van der Waals surface area (Å²) in [4.78, 5) is 15.0. The highest BCUT2D eigenvalue weighted by Gasteiger charge is 2.25. The standard InChI is InChI=1S/C25H39NO3S/c1-4-7-8-9-10-11-12-16-20-24(27)25(21-17-22-26(5-2)6-3)30(28,29)23-18-14-13-15-19-23/h13-15,17-19,21-22H,4-12,16,20H2,1-3H3.